The van der Waals surface area contributed by atoms with Gasteiger partial charge in [-0.2, -0.15) is 0 Å². The van der Waals surface area contributed by atoms with E-state index >= 15 is 0 Å². The van der Waals surface area contributed by atoms with Crippen molar-refractivity contribution in [3.05, 3.63) is 18.5 Å². The predicted molar refractivity (Wildman–Crippen MR) is 63.7 cm³/mol. The van der Waals surface area contributed by atoms with Crippen LogP contribution in [0, 0.1) is 0 Å². The lowest BCUT2D eigenvalue weighted by molar-refractivity contribution is 0.304. The summed E-state index contributed by atoms with van der Waals surface area (Å²) in [5.41, 5.74) is 0.353. The van der Waals surface area contributed by atoms with Crippen LogP contribution in [0.25, 0.3) is 0 Å². The second-order valence-corrected chi connectivity index (χ2v) is 3.74. The van der Waals surface area contributed by atoms with Crippen LogP contribution in [0.2, 0.25) is 0 Å². The monoisotopic (exact) mass is 223 g/mol. The summed E-state index contributed by atoms with van der Waals surface area (Å²) in [6, 6.07) is 1.59. The number of hydrogen-bond acceptors (Lipinski definition) is 4. The number of unbranched alkanes of at least 4 members (excludes halogenated alkanes) is 3. The Bertz CT molecular complexity index is 307. The van der Waals surface area contributed by atoms with Gasteiger partial charge in [-0.1, -0.05) is 26.2 Å². The van der Waals surface area contributed by atoms with Crippen molar-refractivity contribution in [1.82, 2.24) is 4.98 Å². The molecule has 0 saturated carbocycles. The van der Waals surface area contributed by atoms with Gasteiger partial charge in [-0.15, -0.1) is 0 Å². The van der Waals surface area contributed by atoms with Crippen molar-refractivity contribution in [1.29, 1.82) is 0 Å². The average molecular weight is 223 g/mol. The molecule has 0 fully saturated rings. The maximum atomic E-state index is 8.95. The third-order valence-corrected chi connectivity index (χ3v) is 2.30. The fourth-order valence-corrected chi connectivity index (χ4v) is 1.37. The quantitative estimate of drug-likeness (QED) is 0.528. The molecule has 0 radical (unpaired) electrons. The van der Waals surface area contributed by atoms with E-state index in [-0.39, 0.29) is 0 Å². The predicted octanol–water partition coefficient (Wildman–Crippen LogP) is 0.720. The fourth-order valence-electron chi connectivity index (χ4n) is 1.37. The molecule has 1 rings (SSSR count). The van der Waals surface area contributed by atoms with E-state index in [4.69, 9.17) is 14.8 Å². The molecule has 0 aliphatic heterocycles. The Labute approximate surface area is 96.4 Å². The van der Waals surface area contributed by atoms with Gasteiger partial charge in [-0.05, 0) is 12.5 Å². The van der Waals surface area contributed by atoms with Crippen LogP contribution in [0.15, 0.2) is 18.5 Å². The zero-order chi connectivity index (χ0) is 11.8. The summed E-state index contributed by atoms with van der Waals surface area (Å²) in [4.78, 5) is 3.88. The van der Waals surface area contributed by atoms with Gasteiger partial charge in [-0.3, -0.25) is 4.98 Å². The molecule has 0 amide bonds. The summed E-state index contributed by atoms with van der Waals surface area (Å²) in [7, 11) is -1.49. The van der Waals surface area contributed by atoms with Crippen LogP contribution in [0.1, 0.15) is 32.6 Å². The van der Waals surface area contributed by atoms with Crippen molar-refractivity contribution in [2.75, 3.05) is 6.61 Å². The van der Waals surface area contributed by atoms with Crippen molar-refractivity contribution in [3.63, 3.8) is 0 Å². The molecule has 0 saturated heterocycles. The van der Waals surface area contributed by atoms with Crippen LogP contribution in [-0.4, -0.2) is 28.8 Å². The second-order valence-electron chi connectivity index (χ2n) is 3.74. The number of aromatic nitrogens is 1. The molecular weight excluding hydrogens is 205 g/mol. The minimum Gasteiger partial charge on any atom is -0.492 e. The molecular formula is C11H18BNO3. The number of nitrogens with zero attached hydrogens (tertiary/aromatic N) is 1. The zero-order valence-electron chi connectivity index (χ0n) is 9.59. The minimum absolute atomic E-state index is 0.353. The normalized spacial score (nSPS) is 10.2. The summed E-state index contributed by atoms with van der Waals surface area (Å²) in [6.45, 7) is 2.81. The van der Waals surface area contributed by atoms with Gasteiger partial charge in [0.15, 0.2) is 0 Å². The van der Waals surface area contributed by atoms with Gasteiger partial charge in [-0.25, -0.2) is 0 Å². The standard InChI is InChI=1S/C11H18BNO3/c1-2-3-4-5-6-16-11-7-10(12(14)15)8-13-9-11/h7-9,14-15H,2-6H2,1H3. The highest BCUT2D eigenvalue weighted by molar-refractivity contribution is 6.58. The highest BCUT2D eigenvalue weighted by atomic mass is 16.5. The van der Waals surface area contributed by atoms with Crippen molar-refractivity contribution in [2.45, 2.75) is 32.6 Å². The number of ether oxygens (including phenoxy) is 1. The molecule has 5 heteroatoms. The summed E-state index contributed by atoms with van der Waals surface area (Å²) in [5.74, 6) is 0.585. The molecule has 0 bridgehead atoms. The van der Waals surface area contributed by atoms with Gasteiger partial charge in [0.25, 0.3) is 0 Å². The molecule has 1 aromatic rings. The summed E-state index contributed by atoms with van der Waals surface area (Å²) < 4.78 is 5.46. The molecule has 0 atom stereocenters. The lowest BCUT2D eigenvalue weighted by atomic mass is 9.82. The molecule has 88 valence electrons. The number of rotatable bonds is 7. The van der Waals surface area contributed by atoms with E-state index in [1.807, 2.05) is 0 Å². The molecule has 0 aliphatic rings. The first-order chi connectivity index (χ1) is 7.74. The van der Waals surface area contributed by atoms with Crippen LogP contribution >= 0.6 is 0 Å². The van der Waals surface area contributed by atoms with Gasteiger partial charge >= 0.3 is 7.12 Å². The minimum atomic E-state index is -1.49. The van der Waals surface area contributed by atoms with Gasteiger partial charge in [0.1, 0.15) is 5.75 Å². The molecule has 0 unspecified atom stereocenters. The molecule has 0 aliphatic carbocycles. The van der Waals surface area contributed by atoms with Crippen LogP contribution in [-0.2, 0) is 0 Å². The highest BCUT2D eigenvalue weighted by Gasteiger charge is 2.11. The first-order valence-electron chi connectivity index (χ1n) is 5.68. The Balaban J connectivity index is 2.33. The summed E-state index contributed by atoms with van der Waals surface area (Å²) >= 11 is 0. The first-order valence-corrected chi connectivity index (χ1v) is 5.68. The molecule has 16 heavy (non-hydrogen) atoms. The van der Waals surface area contributed by atoms with E-state index in [0.717, 1.165) is 12.8 Å². The fraction of sp³-hybridized carbons (Fsp3) is 0.545. The topological polar surface area (TPSA) is 62.6 Å². The largest absolute Gasteiger partial charge is 0.492 e. The van der Waals surface area contributed by atoms with Gasteiger partial charge in [0.2, 0.25) is 0 Å². The Morgan fingerprint density at radius 1 is 1.25 bits per heavy atom. The highest BCUT2D eigenvalue weighted by Crippen LogP contribution is 2.07. The molecule has 0 spiro atoms. The van der Waals surface area contributed by atoms with Crippen molar-refractivity contribution in [3.8, 4) is 5.75 Å². The Hall–Kier alpha value is -1.07. The Morgan fingerprint density at radius 3 is 2.75 bits per heavy atom. The Morgan fingerprint density at radius 2 is 2.06 bits per heavy atom. The third kappa shape index (κ3) is 4.64. The van der Waals surface area contributed by atoms with Gasteiger partial charge < -0.3 is 14.8 Å². The van der Waals surface area contributed by atoms with Crippen LogP contribution in [0.4, 0.5) is 0 Å². The molecule has 0 aromatic carbocycles. The van der Waals surface area contributed by atoms with Gasteiger partial charge in [0, 0.05) is 11.7 Å². The zero-order valence-corrected chi connectivity index (χ0v) is 9.59. The summed E-state index contributed by atoms with van der Waals surface area (Å²) in [6.07, 6.45) is 7.58. The molecule has 1 heterocycles. The Kier molecular flexibility index (Phi) is 5.89. The second kappa shape index (κ2) is 7.25. The van der Waals surface area contributed by atoms with E-state index in [1.165, 1.54) is 19.0 Å². The molecule has 2 N–H and O–H groups in total. The lowest BCUT2D eigenvalue weighted by Gasteiger charge is -2.06. The third-order valence-electron chi connectivity index (χ3n) is 2.30. The SMILES string of the molecule is CCCCCCOc1cncc(B(O)O)c1. The first kappa shape index (κ1) is 13.0. The summed E-state index contributed by atoms with van der Waals surface area (Å²) in [5, 5.41) is 17.9. The average Bonchev–Trinajstić information content (AvgIpc) is 2.29. The molecule has 1 aromatic heterocycles. The van der Waals surface area contributed by atoms with Crippen molar-refractivity contribution < 1.29 is 14.8 Å². The number of pyridine rings is 1. The van der Waals surface area contributed by atoms with Crippen LogP contribution in [0.5, 0.6) is 5.75 Å². The number of hydrogen-bond donors (Lipinski definition) is 2. The maximum absolute atomic E-state index is 8.95. The smallest absolute Gasteiger partial charge is 0.490 e. The van der Waals surface area contributed by atoms with Crippen molar-refractivity contribution in [2.24, 2.45) is 0 Å². The van der Waals surface area contributed by atoms with Crippen LogP contribution in [0.3, 0.4) is 0 Å². The van der Waals surface area contributed by atoms with E-state index in [9.17, 15) is 0 Å². The van der Waals surface area contributed by atoms with E-state index in [0.29, 0.717) is 17.8 Å². The maximum Gasteiger partial charge on any atom is 0.490 e. The van der Waals surface area contributed by atoms with Gasteiger partial charge in [0.05, 0.1) is 12.8 Å². The lowest BCUT2D eigenvalue weighted by Crippen LogP contribution is -2.30. The van der Waals surface area contributed by atoms with Crippen LogP contribution < -0.4 is 10.2 Å². The van der Waals surface area contributed by atoms with E-state index < -0.39 is 7.12 Å². The van der Waals surface area contributed by atoms with Crippen molar-refractivity contribution >= 4 is 12.6 Å². The molecule has 4 nitrogen and oxygen atoms in total. The van der Waals surface area contributed by atoms with E-state index in [1.54, 1.807) is 12.3 Å². The van der Waals surface area contributed by atoms with E-state index in [2.05, 4.69) is 11.9 Å².